The molecule has 0 aromatic rings. The zero-order valence-electron chi connectivity index (χ0n) is 5.65. The van der Waals surface area contributed by atoms with Crippen molar-refractivity contribution in [2.75, 3.05) is 13.2 Å². The Hall–Kier alpha value is -0.370. The topological polar surface area (TPSA) is 24.4 Å². The molecule has 0 heterocycles. The largest absolute Gasteiger partial charge is 0.298 e. The summed E-state index contributed by atoms with van der Waals surface area (Å²) in [4.78, 5) is 3.97. The van der Waals surface area contributed by atoms with Gasteiger partial charge in [0.1, 0.15) is 0 Å². The first-order valence-electron chi connectivity index (χ1n) is 3.07. The number of hydrogen-bond acceptors (Lipinski definition) is 2. The summed E-state index contributed by atoms with van der Waals surface area (Å²) in [6.45, 7) is 5.90. The van der Waals surface area contributed by atoms with Crippen LogP contribution in [0.5, 0.6) is 0 Å². The first-order valence-corrected chi connectivity index (χ1v) is 3.07. The molecule has 0 amide bonds. The molecule has 48 valence electrons. The minimum atomic E-state index is 0.768. The zero-order chi connectivity index (χ0) is 6.24. The summed E-state index contributed by atoms with van der Waals surface area (Å²) in [5.41, 5.74) is 0. The van der Waals surface area contributed by atoms with E-state index in [0.717, 1.165) is 13.2 Å². The molecule has 0 atom stereocenters. The maximum Gasteiger partial charge on any atom is 0.0880 e. The minimum Gasteiger partial charge on any atom is -0.298 e. The van der Waals surface area contributed by atoms with Crippen molar-refractivity contribution >= 4 is 6.21 Å². The predicted octanol–water partition coefficient (Wildman–Crippen LogP) is 1.03. The second kappa shape index (κ2) is 6.63. The average Bonchev–Trinajstić information content (AvgIpc) is 1.81. The van der Waals surface area contributed by atoms with Crippen LogP contribution < -0.4 is 5.32 Å². The lowest BCUT2D eigenvalue weighted by Gasteiger charge is -1.93. The lowest BCUT2D eigenvalue weighted by Crippen LogP contribution is -2.13. The Morgan fingerprint density at radius 1 is 1.62 bits per heavy atom. The van der Waals surface area contributed by atoms with Gasteiger partial charge in [0.2, 0.25) is 0 Å². The van der Waals surface area contributed by atoms with Gasteiger partial charge >= 0.3 is 0 Å². The fourth-order valence-electron chi connectivity index (χ4n) is 0.412. The molecule has 0 aromatic heterocycles. The molecule has 2 nitrogen and oxygen atoms in total. The normalized spacial score (nSPS) is 10.8. The maximum atomic E-state index is 3.97. The molecule has 0 aliphatic heterocycles. The minimum absolute atomic E-state index is 0.768. The van der Waals surface area contributed by atoms with E-state index in [1.54, 1.807) is 0 Å². The van der Waals surface area contributed by atoms with E-state index < -0.39 is 0 Å². The van der Waals surface area contributed by atoms with E-state index in [9.17, 15) is 0 Å². The van der Waals surface area contributed by atoms with Gasteiger partial charge in [0.25, 0.3) is 0 Å². The summed E-state index contributed by atoms with van der Waals surface area (Å²) in [7, 11) is 0. The van der Waals surface area contributed by atoms with E-state index in [1.165, 1.54) is 6.42 Å². The Balaban J connectivity index is 2.72. The second-order valence-electron chi connectivity index (χ2n) is 1.60. The van der Waals surface area contributed by atoms with Crippen LogP contribution in [0, 0.1) is 0 Å². The van der Waals surface area contributed by atoms with Gasteiger partial charge in [-0.2, -0.15) is 0 Å². The lowest BCUT2D eigenvalue weighted by atomic mass is 10.5. The summed E-state index contributed by atoms with van der Waals surface area (Å²) in [5, 5.41) is 3.14. The molecule has 0 saturated heterocycles. The van der Waals surface area contributed by atoms with Crippen molar-refractivity contribution in [2.45, 2.75) is 20.3 Å². The number of aliphatic imine (C=N–C) groups is 1. The molecule has 0 rings (SSSR count). The van der Waals surface area contributed by atoms with Crippen LogP contribution in [0.1, 0.15) is 20.3 Å². The maximum absolute atomic E-state index is 3.97. The van der Waals surface area contributed by atoms with Gasteiger partial charge in [-0.15, -0.1) is 0 Å². The van der Waals surface area contributed by atoms with E-state index in [-0.39, 0.29) is 0 Å². The van der Waals surface area contributed by atoms with E-state index in [1.807, 2.05) is 13.1 Å². The van der Waals surface area contributed by atoms with Crippen molar-refractivity contribution < 1.29 is 0 Å². The van der Waals surface area contributed by atoms with E-state index in [2.05, 4.69) is 17.2 Å². The molecule has 0 aliphatic carbocycles. The van der Waals surface area contributed by atoms with E-state index in [0.29, 0.717) is 0 Å². The van der Waals surface area contributed by atoms with Crippen molar-refractivity contribution in [3.63, 3.8) is 0 Å². The zero-order valence-corrected chi connectivity index (χ0v) is 5.65. The number of nitrogens with zero attached hydrogens (tertiary/aromatic N) is 1. The molecule has 0 aliphatic rings. The van der Waals surface area contributed by atoms with Crippen LogP contribution in [0.3, 0.4) is 0 Å². The van der Waals surface area contributed by atoms with Gasteiger partial charge in [-0.05, 0) is 26.1 Å². The Labute approximate surface area is 51.0 Å². The highest BCUT2D eigenvalue weighted by molar-refractivity contribution is 5.52. The van der Waals surface area contributed by atoms with Crippen LogP contribution in [0.15, 0.2) is 4.99 Å². The number of nitrogens with one attached hydrogen (secondary N) is 1. The van der Waals surface area contributed by atoms with Crippen molar-refractivity contribution in [2.24, 2.45) is 4.99 Å². The highest BCUT2D eigenvalue weighted by atomic mass is 15.0. The summed E-state index contributed by atoms with van der Waals surface area (Å²) in [5.74, 6) is 0. The summed E-state index contributed by atoms with van der Waals surface area (Å²) < 4.78 is 0. The first kappa shape index (κ1) is 7.63. The molecule has 0 radical (unpaired) electrons. The third-order valence-corrected chi connectivity index (χ3v) is 0.812. The summed E-state index contributed by atoms with van der Waals surface area (Å²) in [6.07, 6.45) is 2.99. The van der Waals surface area contributed by atoms with Crippen molar-refractivity contribution in [1.82, 2.24) is 5.32 Å². The highest BCUT2D eigenvalue weighted by Crippen LogP contribution is 1.68. The quantitative estimate of drug-likeness (QED) is 0.428. The van der Waals surface area contributed by atoms with Gasteiger partial charge in [0.05, 0.1) is 6.67 Å². The predicted molar refractivity (Wildman–Crippen MR) is 37.3 cm³/mol. The molecule has 8 heavy (non-hydrogen) atoms. The summed E-state index contributed by atoms with van der Waals surface area (Å²) in [6, 6.07) is 0. The Kier molecular flexibility index (Phi) is 6.32. The van der Waals surface area contributed by atoms with Crippen LogP contribution >= 0.6 is 0 Å². The lowest BCUT2D eigenvalue weighted by molar-refractivity contribution is 0.691. The van der Waals surface area contributed by atoms with Crippen molar-refractivity contribution in [1.29, 1.82) is 0 Å². The van der Waals surface area contributed by atoms with Gasteiger partial charge in [-0.1, -0.05) is 6.92 Å². The standard InChI is InChI=1S/C6H14N2/c1-3-5-8-6-7-4-2/h4,8H,3,5-6H2,1-2H3. The molecule has 0 fully saturated rings. The van der Waals surface area contributed by atoms with Crippen molar-refractivity contribution in [3.8, 4) is 0 Å². The Morgan fingerprint density at radius 3 is 2.88 bits per heavy atom. The van der Waals surface area contributed by atoms with Crippen LogP contribution in [0.25, 0.3) is 0 Å². The smallest absolute Gasteiger partial charge is 0.0880 e. The van der Waals surface area contributed by atoms with Gasteiger partial charge in [-0.3, -0.25) is 10.3 Å². The van der Waals surface area contributed by atoms with Crippen LogP contribution in [-0.2, 0) is 0 Å². The number of rotatable bonds is 4. The molecule has 2 heteroatoms. The monoisotopic (exact) mass is 114 g/mol. The molecule has 0 bridgehead atoms. The molecule has 1 N–H and O–H groups in total. The summed E-state index contributed by atoms with van der Waals surface area (Å²) >= 11 is 0. The van der Waals surface area contributed by atoms with Crippen LogP contribution in [-0.4, -0.2) is 19.4 Å². The van der Waals surface area contributed by atoms with E-state index >= 15 is 0 Å². The fraction of sp³-hybridized carbons (Fsp3) is 0.833. The Morgan fingerprint density at radius 2 is 2.38 bits per heavy atom. The molecule has 0 unspecified atom stereocenters. The molecular weight excluding hydrogens is 100 g/mol. The molecule has 0 spiro atoms. The van der Waals surface area contributed by atoms with Gasteiger partial charge in [-0.25, -0.2) is 0 Å². The van der Waals surface area contributed by atoms with Gasteiger partial charge < -0.3 is 0 Å². The fourth-order valence-corrected chi connectivity index (χ4v) is 0.412. The van der Waals surface area contributed by atoms with Crippen LogP contribution in [0.4, 0.5) is 0 Å². The molecular formula is C6H14N2. The van der Waals surface area contributed by atoms with Gasteiger partial charge in [0.15, 0.2) is 0 Å². The average molecular weight is 114 g/mol. The second-order valence-corrected chi connectivity index (χ2v) is 1.60. The van der Waals surface area contributed by atoms with E-state index in [4.69, 9.17) is 0 Å². The SMILES string of the molecule is CC=NCNCCC. The highest BCUT2D eigenvalue weighted by Gasteiger charge is 1.75. The third kappa shape index (κ3) is 5.63. The molecule has 0 saturated carbocycles. The Bertz CT molecular complexity index is 59.5. The molecule has 0 aromatic carbocycles. The van der Waals surface area contributed by atoms with Crippen LogP contribution in [0.2, 0.25) is 0 Å². The first-order chi connectivity index (χ1) is 3.91. The van der Waals surface area contributed by atoms with Crippen molar-refractivity contribution in [3.05, 3.63) is 0 Å². The third-order valence-electron chi connectivity index (χ3n) is 0.812. The number of hydrogen-bond donors (Lipinski definition) is 1. The van der Waals surface area contributed by atoms with Gasteiger partial charge in [0, 0.05) is 0 Å².